The fraction of sp³-hybridized carbons (Fsp3) is 0.960. The Bertz CT molecular complexity index is 309. The smallest absolute Gasteiger partial charge is 0.652 e. The normalized spacial score (nSPS) is 21.1. The molecule has 15 nitrogen and oxygen atoms in total. The molecule has 0 bridgehead atoms. The number of rotatable bonds is 0. The summed E-state index contributed by atoms with van der Waals surface area (Å²) in [5.74, 6) is 0. The maximum Gasteiger partial charge on any atom is 1.00 e. The van der Waals surface area contributed by atoms with Gasteiger partial charge in [-0.3, -0.25) is 0 Å². The van der Waals surface area contributed by atoms with Gasteiger partial charge in [-0.25, -0.2) is 0 Å². The van der Waals surface area contributed by atoms with Gasteiger partial charge >= 0.3 is 103 Å². The van der Waals surface area contributed by atoms with Crippen LogP contribution in [0.2, 0.25) is 0 Å². The Morgan fingerprint density at radius 1 is 0.262 bits per heavy atom. The van der Waals surface area contributed by atoms with Crippen molar-refractivity contribution in [3.63, 3.8) is 0 Å². The van der Waals surface area contributed by atoms with E-state index in [0.29, 0.717) is 159 Å². The first-order chi connectivity index (χ1) is 19.7. The van der Waals surface area contributed by atoms with Gasteiger partial charge in [0.25, 0.3) is 0 Å². The SMILES string of the molecule is C1COCCOCCOCCOCCOCCO1.C1COCCOCCOCCOCCOCCO1.O=C([O-])[O-].[K+].[K+]. The van der Waals surface area contributed by atoms with Crippen LogP contribution in [0.25, 0.3) is 0 Å². The van der Waals surface area contributed by atoms with E-state index in [1.807, 2.05) is 0 Å². The molecule has 0 aliphatic carbocycles. The summed E-state index contributed by atoms with van der Waals surface area (Å²) in [6.45, 7) is 14.1. The first kappa shape index (κ1) is 48.5. The van der Waals surface area contributed by atoms with E-state index in [4.69, 9.17) is 71.8 Å². The van der Waals surface area contributed by atoms with Gasteiger partial charge in [-0.1, -0.05) is 0 Å². The Morgan fingerprint density at radius 2 is 0.310 bits per heavy atom. The molecular weight excluding hydrogens is 618 g/mol. The van der Waals surface area contributed by atoms with Gasteiger partial charge in [-0.05, 0) is 6.16 Å². The second-order valence-corrected chi connectivity index (χ2v) is 7.60. The minimum absolute atomic E-state index is 0. The van der Waals surface area contributed by atoms with Crippen LogP contribution in [-0.4, -0.2) is 165 Å². The summed E-state index contributed by atoms with van der Waals surface area (Å²) in [6, 6.07) is 0. The summed E-state index contributed by atoms with van der Waals surface area (Å²) in [5.41, 5.74) is 0. The molecule has 0 atom stereocenters. The first-order valence-corrected chi connectivity index (χ1v) is 13.5. The minimum atomic E-state index is -2.33. The van der Waals surface area contributed by atoms with Crippen LogP contribution in [-0.2, 0) is 56.8 Å². The van der Waals surface area contributed by atoms with Crippen molar-refractivity contribution in [1.82, 2.24) is 0 Å². The maximum atomic E-state index is 8.33. The molecule has 2 rings (SSSR count). The zero-order valence-corrected chi connectivity index (χ0v) is 31.8. The zero-order chi connectivity index (χ0) is 29.0. The van der Waals surface area contributed by atoms with Gasteiger partial charge in [0.1, 0.15) is 0 Å². The van der Waals surface area contributed by atoms with E-state index in [1.165, 1.54) is 0 Å². The summed E-state index contributed by atoms with van der Waals surface area (Å²) in [5, 5.41) is 16.7. The number of ether oxygens (including phenoxy) is 12. The van der Waals surface area contributed by atoms with Gasteiger partial charge in [-0.2, -0.15) is 0 Å². The van der Waals surface area contributed by atoms with E-state index in [2.05, 4.69) is 0 Å². The average molecular weight is 667 g/mol. The number of hydrogen-bond donors (Lipinski definition) is 0. The standard InChI is InChI=1S/2C12H24O6.CH2O3.2K/c2*1-2-14-5-6-16-9-10-18-12-11-17-8-7-15-4-3-13-1;2-1(3)4;;/h2*1-12H2;(H2,2,3,4);;/q;;;2*+1/p-2. The number of carboxylic acid groups (broad SMARTS) is 2. The zero-order valence-electron chi connectivity index (χ0n) is 25.6. The third-order valence-electron chi connectivity index (χ3n) is 4.46. The van der Waals surface area contributed by atoms with Gasteiger partial charge in [0.15, 0.2) is 0 Å². The maximum absolute atomic E-state index is 8.33. The van der Waals surface area contributed by atoms with Crippen LogP contribution in [0.4, 0.5) is 4.79 Å². The van der Waals surface area contributed by atoms with Crippen LogP contribution in [0.1, 0.15) is 0 Å². The van der Waals surface area contributed by atoms with Gasteiger partial charge in [0, 0.05) is 0 Å². The Labute approximate surface area is 334 Å². The summed E-state index contributed by atoms with van der Waals surface area (Å²) in [6.07, 6.45) is -2.33. The molecule has 0 aromatic heterocycles. The van der Waals surface area contributed by atoms with Crippen LogP contribution in [0.5, 0.6) is 0 Å². The van der Waals surface area contributed by atoms with E-state index in [-0.39, 0.29) is 103 Å². The summed E-state index contributed by atoms with van der Waals surface area (Å²) >= 11 is 0. The van der Waals surface area contributed by atoms with E-state index in [0.717, 1.165) is 0 Å². The van der Waals surface area contributed by atoms with Crippen molar-refractivity contribution >= 4 is 6.16 Å². The molecule has 0 aromatic carbocycles. The van der Waals surface area contributed by atoms with Crippen molar-refractivity contribution in [2.24, 2.45) is 0 Å². The molecule has 240 valence electrons. The van der Waals surface area contributed by atoms with Crippen molar-refractivity contribution in [2.45, 2.75) is 0 Å². The molecule has 2 fully saturated rings. The fourth-order valence-corrected chi connectivity index (χ4v) is 2.64. The second kappa shape index (κ2) is 45.2. The molecule has 2 heterocycles. The van der Waals surface area contributed by atoms with Crippen LogP contribution in [0.3, 0.4) is 0 Å². The predicted octanol–water partition coefficient (Wildman–Crippen LogP) is -8.24. The predicted molar refractivity (Wildman–Crippen MR) is 135 cm³/mol. The largest absolute Gasteiger partial charge is 1.00 e. The molecule has 0 radical (unpaired) electrons. The molecule has 2 aliphatic heterocycles. The van der Waals surface area contributed by atoms with Crippen molar-refractivity contribution in [1.29, 1.82) is 0 Å². The third-order valence-corrected chi connectivity index (χ3v) is 4.46. The van der Waals surface area contributed by atoms with E-state index < -0.39 is 6.16 Å². The molecule has 2 saturated heterocycles. The molecule has 0 spiro atoms. The van der Waals surface area contributed by atoms with E-state index in [1.54, 1.807) is 0 Å². The van der Waals surface area contributed by atoms with Gasteiger partial charge in [0.2, 0.25) is 0 Å². The van der Waals surface area contributed by atoms with Crippen LogP contribution in [0, 0.1) is 0 Å². The summed E-state index contributed by atoms with van der Waals surface area (Å²) in [7, 11) is 0. The van der Waals surface area contributed by atoms with Crippen molar-refractivity contribution in [2.75, 3.05) is 159 Å². The molecule has 2 aliphatic rings. The Kier molecular flexibility index (Phi) is 52.1. The topological polar surface area (TPSA) is 174 Å². The summed E-state index contributed by atoms with van der Waals surface area (Å²) in [4.78, 5) is 8.33. The second-order valence-electron chi connectivity index (χ2n) is 7.60. The molecule has 0 saturated carbocycles. The van der Waals surface area contributed by atoms with Crippen molar-refractivity contribution in [3.8, 4) is 0 Å². The first-order valence-electron chi connectivity index (χ1n) is 13.5. The van der Waals surface area contributed by atoms with Gasteiger partial charge < -0.3 is 71.8 Å². The Balaban J connectivity index is -0.000000616. The molecule has 0 aromatic rings. The number of hydrogen-bond acceptors (Lipinski definition) is 15. The monoisotopic (exact) mass is 666 g/mol. The number of carbonyl (C=O) groups is 1. The van der Waals surface area contributed by atoms with E-state index in [9.17, 15) is 0 Å². The molecule has 0 amide bonds. The fourth-order valence-electron chi connectivity index (χ4n) is 2.64. The van der Waals surface area contributed by atoms with Crippen LogP contribution < -0.4 is 113 Å². The Hall–Kier alpha value is 2.06. The van der Waals surface area contributed by atoms with Crippen molar-refractivity contribution in [3.05, 3.63) is 0 Å². The van der Waals surface area contributed by atoms with E-state index >= 15 is 0 Å². The van der Waals surface area contributed by atoms with Gasteiger partial charge in [-0.15, -0.1) is 0 Å². The quantitative estimate of drug-likeness (QED) is 0.223. The summed E-state index contributed by atoms with van der Waals surface area (Å²) < 4.78 is 63.9. The van der Waals surface area contributed by atoms with Crippen molar-refractivity contribution < 1.29 is 175 Å². The number of carbonyl (C=O) groups excluding carboxylic acids is 1. The van der Waals surface area contributed by atoms with Gasteiger partial charge in [0.05, 0.1) is 159 Å². The van der Waals surface area contributed by atoms with Crippen LogP contribution >= 0.6 is 0 Å². The Morgan fingerprint density at radius 3 is 0.357 bits per heavy atom. The molecular formula is C25H48K2O15. The minimum Gasteiger partial charge on any atom is -0.652 e. The average Bonchev–Trinajstić information content (AvgIpc) is 2.93. The molecule has 0 N–H and O–H groups in total. The van der Waals surface area contributed by atoms with Crippen LogP contribution in [0.15, 0.2) is 0 Å². The third kappa shape index (κ3) is 49.0. The molecule has 17 heteroatoms. The molecule has 0 unspecified atom stereocenters. The molecule has 42 heavy (non-hydrogen) atoms.